The van der Waals surface area contributed by atoms with Crippen molar-refractivity contribution in [2.45, 2.75) is 37.9 Å². The van der Waals surface area contributed by atoms with Gasteiger partial charge in [0.15, 0.2) is 0 Å². The van der Waals surface area contributed by atoms with Crippen molar-refractivity contribution in [1.82, 2.24) is 10.6 Å². The summed E-state index contributed by atoms with van der Waals surface area (Å²) in [6.07, 6.45) is -5.46. The van der Waals surface area contributed by atoms with Gasteiger partial charge >= 0.3 is 12.1 Å². The lowest BCUT2D eigenvalue weighted by Gasteiger charge is -2.24. The zero-order chi connectivity index (χ0) is 23.7. The Bertz CT molecular complexity index is 1040. The fraction of sp³-hybridized carbons (Fsp3) is 0.333. The van der Waals surface area contributed by atoms with Crippen LogP contribution in [0.3, 0.4) is 0 Å². The molecule has 32 heavy (non-hydrogen) atoms. The number of ether oxygens (including phenoxy) is 1. The van der Waals surface area contributed by atoms with Gasteiger partial charge in [0.1, 0.15) is 17.3 Å². The monoisotopic (exact) mass is 460 g/mol. The van der Waals surface area contributed by atoms with Gasteiger partial charge in [-0.05, 0) is 49.2 Å². The second-order valence-electron chi connectivity index (χ2n) is 7.31. The maximum absolute atomic E-state index is 13.9. The standard InChI is InChI=1S/C21H18F6N2O3/c1-11-8-13(22)3-5-16(11)32-17-9-12(20(23,24)21(25,26)27)2-4-15(17)19(31)29-14-6-7-28-18(30)10-14/h2-5,8-9,14H,6-7,10H2,1H3,(H,28,30)(H,29,31). The molecule has 0 aliphatic carbocycles. The zero-order valence-corrected chi connectivity index (χ0v) is 16.7. The van der Waals surface area contributed by atoms with Crippen molar-refractivity contribution in [1.29, 1.82) is 0 Å². The number of amides is 2. The predicted octanol–water partition coefficient (Wildman–Crippen LogP) is 4.59. The summed E-state index contributed by atoms with van der Waals surface area (Å²) in [6.45, 7) is 1.76. The van der Waals surface area contributed by atoms with Crippen LogP contribution in [0, 0.1) is 12.7 Å². The number of alkyl halides is 5. The molecule has 2 aromatic carbocycles. The van der Waals surface area contributed by atoms with Crippen LogP contribution in [-0.2, 0) is 10.7 Å². The Balaban J connectivity index is 1.99. The average Bonchev–Trinajstić information content (AvgIpc) is 2.69. The SMILES string of the molecule is Cc1cc(F)ccc1Oc1cc(C(F)(F)C(F)(F)F)ccc1C(=O)NC1CCNC(=O)C1. The average molecular weight is 460 g/mol. The molecule has 172 valence electrons. The molecule has 1 unspecified atom stereocenters. The van der Waals surface area contributed by atoms with E-state index < -0.39 is 41.2 Å². The molecule has 11 heteroatoms. The molecule has 1 fully saturated rings. The first kappa shape index (κ1) is 23.4. The number of carbonyl (C=O) groups excluding carboxylic acids is 2. The highest BCUT2D eigenvalue weighted by Crippen LogP contribution is 2.45. The molecule has 1 aliphatic rings. The highest BCUT2D eigenvalue weighted by Gasteiger charge is 2.58. The Labute approximate surface area is 178 Å². The summed E-state index contributed by atoms with van der Waals surface area (Å²) in [5.41, 5.74) is -1.51. The minimum absolute atomic E-state index is 0.0107. The molecular weight excluding hydrogens is 442 g/mol. The summed E-state index contributed by atoms with van der Waals surface area (Å²) in [4.78, 5) is 24.2. The van der Waals surface area contributed by atoms with E-state index in [9.17, 15) is 35.9 Å². The fourth-order valence-corrected chi connectivity index (χ4v) is 3.17. The van der Waals surface area contributed by atoms with Gasteiger partial charge in [-0.2, -0.15) is 22.0 Å². The van der Waals surface area contributed by atoms with Gasteiger partial charge in [-0.25, -0.2) is 4.39 Å². The van der Waals surface area contributed by atoms with Crippen molar-refractivity contribution >= 4 is 11.8 Å². The molecule has 2 aromatic rings. The Kier molecular flexibility index (Phi) is 6.38. The lowest BCUT2D eigenvalue weighted by molar-refractivity contribution is -0.289. The number of hydrogen-bond donors (Lipinski definition) is 2. The Hall–Kier alpha value is -3.24. The number of benzene rings is 2. The number of carbonyl (C=O) groups is 2. The van der Waals surface area contributed by atoms with Crippen LogP contribution in [0.5, 0.6) is 11.5 Å². The van der Waals surface area contributed by atoms with Gasteiger partial charge in [-0.1, -0.05) is 6.07 Å². The van der Waals surface area contributed by atoms with Gasteiger partial charge < -0.3 is 15.4 Å². The molecule has 1 saturated heterocycles. The van der Waals surface area contributed by atoms with E-state index in [1.54, 1.807) is 0 Å². The summed E-state index contributed by atoms with van der Waals surface area (Å²) in [5, 5.41) is 5.14. The Morgan fingerprint density at radius 3 is 2.44 bits per heavy atom. The maximum atomic E-state index is 13.9. The van der Waals surface area contributed by atoms with Gasteiger partial charge in [-0.15, -0.1) is 0 Å². The largest absolute Gasteiger partial charge is 0.458 e. The molecule has 0 spiro atoms. The van der Waals surface area contributed by atoms with Crippen LogP contribution in [0.4, 0.5) is 26.3 Å². The lowest BCUT2D eigenvalue weighted by atomic mass is 10.0. The quantitative estimate of drug-likeness (QED) is 0.642. The number of aryl methyl sites for hydroxylation is 1. The molecule has 5 nitrogen and oxygen atoms in total. The first-order valence-corrected chi connectivity index (χ1v) is 9.49. The van der Waals surface area contributed by atoms with Gasteiger partial charge in [0, 0.05) is 24.6 Å². The number of rotatable bonds is 5. The third kappa shape index (κ3) is 4.97. The van der Waals surface area contributed by atoms with Crippen molar-refractivity contribution in [3.63, 3.8) is 0 Å². The third-order valence-electron chi connectivity index (χ3n) is 4.88. The zero-order valence-electron chi connectivity index (χ0n) is 16.7. The van der Waals surface area contributed by atoms with Crippen molar-refractivity contribution in [2.75, 3.05) is 6.54 Å². The lowest BCUT2D eigenvalue weighted by Crippen LogP contribution is -2.45. The number of hydrogen-bond acceptors (Lipinski definition) is 3. The van der Waals surface area contributed by atoms with E-state index in [1.165, 1.54) is 6.92 Å². The molecule has 0 bridgehead atoms. The molecule has 1 atom stereocenters. The normalized spacial score (nSPS) is 17.0. The maximum Gasteiger partial charge on any atom is 0.458 e. The minimum Gasteiger partial charge on any atom is -0.456 e. The van der Waals surface area contributed by atoms with Crippen molar-refractivity contribution in [3.8, 4) is 11.5 Å². The van der Waals surface area contributed by atoms with Gasteiger partial charge in [0.05, 0.1) is 5.56 Å². The highest BCUT2D eigenvalue weighted by molar-refractivity contribution is 5.97. The van der Waals surface area contributed by atoms with Crippen molar-refractivity contribution in [2.24, 2.45) is 0 Å². The van der Waals surface area contributed by atoms with Crippen LogP contribution in [0.2, 0.25) is 0 Å². The number of nitrogens with one attached hydrogen (secondary N) is 2. The van der Waals surface area contributed by atoms with Crippen LogP contribution >= 0.6 is 0 Å². The van der Waals surface area contributed by atoms with Crippen molar-refractivity contribution < 1.29 is 40.7 Å². The Morgan fingerprint density at radius 2 is 1.81 bits per heavy atom. The summed E-state index contributed by atoms with van der Waals surface area (Å²) < 4.78 is 85.1. The molecule has 1 heterocycles. The van der Waals surface area contributed by atoms with Gasteiger partial charge in [-0.3, -0.25) is 9.59 Å². The van der Waals surface area contributed by atoms with E-state index in [1.807, 2.05) is 0 Å². The van der Waals surface area contributed by atoms with Crippen LogP contribution in [0.25, 0.3) is 0 Å². The molecule has 3 rings (SSSR count). The van der Waals surface area contributed by atoms with Crippen LogP contribution < -0.4 is 15.4 Å². The van der Waals surface area contributed by atoms with Crippen molar-refractivity contribution in [3.05, 3.63) is 58.9 Å². The van der Waals surface area contributed by atoms with E-state index in [0.29, 0.717) is 25.1 Å². The van der Waals surface area contributed by atoms with Gasteiger partial charge in [0.25, 0.3) is 5.91 Å². The number of piperidine rings is 1. The van der Waals surface area contributed by atoms with Crippen LogP contribution in [0.15, 0.2) is 36.4 Å². The van der Waals surface area contributed by atoms with Crippen LogP contribution in [-0.4, -0.2) is 30.6 Å². The molecule has 1 aliphatic heterocycles. The second-order valence-corrected chi connectivity index (χ2v) is 7.31. The van der Waals surface area contributed by atoms with E-state index in [2.05, 4.69) is 10.6 Å². The highest BCUT2D eigenvalue weighted by atomic mass is 19.4. The third-order valence-corrected chi connectivity index (χ3v) is 4.88. The fourth-order valence-electron chi connectivity index (χ4n) is 3.17. The smallest absolute Gasteiger partial charge is 0.456 e. The predicted molar refractivity (Wildman–Crippen MR) is 101 cm³/mol. The molecule has 0 radical (unpaired) electrons. The van der Waals surface area contributed by atoms with Crippen LogP contribution in [0.1, 0.15) is 34.3 Å². The molecule has 0 aromatic heterocycles. The first-order valence-electron chi connectivity index (χ1n) is 9.49. The first-order chi connectivity index (χ1) is 14.9. The Morgan fingerprint density at radius 1 is 1.09 bits per heavy atom. The van der Waals surface area contributed by atoms with Gasteiger partial charge in [0.2, 0.25) is 5.91 Å². The second kappa shape index (κ2) is 8.71. The van der Waals surface area contributed by atoms with E-state index in [-0.39, 0.29) is 29.2 Å². The topological polar surface area (TPSA) is 67.4 Å². The number of halogens is 6. The van der Waals surface area contributed by atoms with E-state index in [4.69, 9.17) is 4.74 Å². The van der Waals surface area contributed by atoms with E-state index in [0.717, 1.165) is 24.3 Å². The minimum atomic E-state index is -5.87. The summed E-state index contributed by atoms with van der Waals surface area (Å²) in [7, 11) is 0. The molecule has 0 saturated carbocycles. The summed E-state index contributed by atoms with van der Waals surface area (Å²) >= 11 is 0. The summed E-state index contributed by atoms with van der Waals surface area (Å²) in [5.74, 6) is -7.52. The molecule has 2 amide bonds. The van der Waals surface area contributed by atoms with E-state index >= 15 is 0 Å². The molecular formula is C21H18F6N2O3. The molecule has 2 N–H and O–H groups in total. The summed E-state index contributed by atoms with van der Waals surface area (Å²) in [6, 6.07) is 4.40.